The minimum atomic E-state index is -1.01. The Bertz CT molecular complexity index is 648. The zero-order valence-corrected chi connectivity index (χ0v) is 12.5. The minimum absolute atomic E-state index is 0.0498. The molecule has 1 aliphatic heterocycles. The van der Waals surface area contributed by atoms with Gasteiger partial charge in [0.05, 0.1) is 0 Å². The number of carbonyl (C=O) groups excluding carboxylic acids is 1. The van der Waals surface area contributed by atoms with Crippen molar-refractivity contribution in [3.05, 3.63) is 33.2 Å². The van der Waals surface area contributed by atoms with Gasteiger partial charge in [-0.1, -0.05) is 0 Å². The summed E-state index contributed by atoms with van der Waals surface area (Å²) in [6.07, 6.45) is 1.98. The van der Waals surface area contributed by atoms with Crippen LogP contribution < -0.4 is 5.56 Å². The summed E-state index contributed by atoms with van der Waals surface area (Å²) >= 11 is 0. The second-order valence-corrected chi connectivity index (χ2v) is 5.54. The van der Waals surface area contributed by atoms with Crippen LogP contribution in [0.2, 0.25) is 0 Å². The Balaban J connectivity index is 2.44. The first-order chi connectivity index (χ1) is 9.84. The van der Waals surface area contributed by atoms with Gasteiger partial charge in [0.15, 0.2) is 0 Å². The van der Waals surface area contributed by atoms with Gasteiger partial charge in [-0.25, -0.2) is 4.79 Å². The highest BCUT2D eigenvalue weighted by Gasteiger charge is 2.33. The summed E-state index contributed by atoms with van der Waals surface area (Å²) in [5.74, 6) is -1.49. The van der Waals surface area contributed by atoms with E-state index < -0.39 is 17.9 Å². The van der Waals surface area contributed by atoms with E-state index in [1.165, 1.54) is 9.47 Å². The second kappa shape index (κ2) is 5.71. The molecule has 1 aromatic heterocycles. The van der Waals surface area contributed by atoms with Crippen LogP contribution in [0.15, 0.2) is 10.9 Å². The molecule has 1 aromatic rings. The van der Waals surface area contributed by atoms with Gasteiger partial charge in [-0.05, 0) is 44.7 Å². The van der Waals surface area contributed by atoms with E-state index in [9.17, 15) is 19.5 Å². The Labute approximate surface area is 123 Å². The van der Waals surface area contributed by atoms with Crippen LogP contribution in [0.1, 0.15) is 40.9 Å². The van der Waals surface area contributed by atoms with Gasteiger partial charge in [-0.2, -0.15) is 0 Å². The summed E-state index contributed by atoms with van der Waals surface area (Å²) < 4.78 is 1.43. The fourth-order valence-electron chi connectivity index (χ4n) is 2.72. The number of nitrogens with zero attached hydrogens (tertiary/aromatic N) is 2. The molecule has 2 rings (SSSR count). The lowest BCUT2D eigenvalue weighted by Crippen LogP contribution is -2.49. The molecule has 6 heteroatoms. The van der Waals surface area contributed by atoms with Crippen LogP contribution in [-0.2, 0) is 11.8 Å². The first-order valence-corrected chi connectivity index (χ1v) is 7.05. The van der Waals surface area contributed by atoms with E-state index in [4.69, 9.17) is 0 Å². The monoisotopic (exact) mass is 292 g/mol. The third kappa shape index (κ3) is 2.70. The van der Waals surface area contributed by atoms with Crippen LogP contribution in [0.3, 0.4) is 0 Å². The van der Waals surface area contributed by atoms with Crippen molar-refractivity contribution in [2.75, 3.05) is 6.54 Å². The molecular weight excluding hydrogens is 272 g/mol. The Morgan fingerprint density at radius 2 is 1.95 bits per heavy atom. The molecule has 2 heterocycles. The van der Waals surface area contributed by atoms with Gasteiger partial charge in [0.25, 0.3) is 11.5 Å². The highest BCUT2D eigenvalue weighted by Crippen LogP contribution is 2.19. The first kappa shape index (κ1) is 15.3. The standard InChI is InChI=1S/C15H20N2O4/c1-9-8-11(13(18)16(3)10(9)2)14(19)17-7-5-4-6-12(17)15(20)21/h8,12H,4-7H2,1-3H3,(H,20,21)/t12-/m1/s1. The van der Waals surface area contributed by atoms with Gasteiger partial charge in [0.2, 0.25) is 0 Å². The molecule has 114 valence electrons. The summed E-state index contributed by atoms with van der Waals surface area (Å²) in [4.78, 5) is 37.5. The maximum absolute atomic E-state index is 12.6. The van der Waals surface area contributed by atoms with Crippen LogP contribution in [0, 0.1) is 13.8 Å². The van der Waals surface area contributed by atoms with Gasteiger partial charge < -0.3 is 14.6 Å². The number of likely N-dealkylation sites (tertiary alicyclic amines) is 1. The molecule has 0 radical (unpaired) electrons. The number of rotatable bonds is 2. The van der Waals surface area contributed by atoms with Crippen LogP contribution in [0.5, 0.6) is 0 Å². The van der Waals surface area contributed by atoms with Crippen LogP contribution >= 0.6 is 0 Å². The number of carbonyl (C=O) groups is 2. The van der Waals surface area contributed by atoms with Gasteiger partial charge >= 0.3 is 5.97 Å². The van der Waals surface area contributed by atoms with Crippen molar-refractivity contribution in [2.45, 2.75) is 39.2 Å². The molecule has 0 saturated carbocycles. The zero-order chi connectivity index (χ0) is 15.7. The number of piperidine rings is 1. The molecule has 1 fully saturated rings. The fraction of sp³-hybridized carbons (Fsp3) is 0.533. The van der Waals surface area contributed by atoms with E-state index in [-0.39, 0.29) is 11.1 Å². The SMILES string of the molecule is Cc1cc(C(=O)N2CCCC[C@@H]2C(=O)O)c(=O)n(C)c1C. The number of pyridine rings is 1. The van der Waals surface area contributed by atoms with Gasteiger partial charge in [-0.3, -0.25) is 9.59 Å². The zero-order valence-electron chi connectivity index (χ0n) is 12.5. The van der Waals surface area contributed by atoms with E-state index in [0.29, 0.717) is 13.0 Å². The molecule has 0 aliphatic carbocycles. The van der Waals surface area contributed by atoms with Crippen molar-refractivity contribution in [3.63, 3.8) is 0 Å². The number of aromatic nitrogens is 1. The maximum Gasteiger partial charge on any atom is 0.326 e. The summed E-state index contributed by atoms with van der Waals surface area (Å²) in [6.45, 7) is 4.02. The smallest absolute Gasteiger partial charge is 0.326 e. The van der Waals surface area contributed by atoms with Crippen molar-refractivity contribution >= 4 is 11.9 Å². The van der Waals surface area contributed by atoms with Gasteiger partial charge in [0.1, 0.15) is 11.6 Å². The van der Waals surface area contributed by atoms with Gasteiger partial charge in [-0.15, -0.1) is 0 Å². The largest absolute Gasteiger partial charge is 0.480 e. The number of carboxylic acids is 1. The second-order valence-electron chi connectivity index (χ2n) is 5.54. The van der Waals surface area contributed by atoms with Crippen molar-refractivity contribution in [1.29, 1.82) is 0 Å². The number of hydrogen-bond donors (Lipinski definition) is 1. The molecule has 1 N–H and O–H groups in total. The molecule has 6 nitrogen and oxygen atoms in total. The summed E-state index contributed by atoms with van der Waals surface area (Å²) in [7, 11) is 1.62. The molecule has 1 saturated heterocycles. The topological polar surface area (TPSA) is 79.6 Å². The van der Waals surface area contributed by atoms with Crippen LogP contribution in [0.25, 0.3) is 0 Å². The van der Waals surface area contributed by atoms with Crippen molar-refractivity contribution in [2.24, 2.45) is 7.05 Å². The number of aliphatic carboxylic acids is 1. The molecule has 0 bridgehead atoms. The number of amides is 1. The molecule has 0 spiro atoms. The lowest BCUT2D eigenvalue weighted by Gasteiger charge is -2.33. The lowest BCUT2D eigenvalue weighted by molar-refractivity contribution is -0.143. The Kier molecular flexibility index (Phi) is 4.16. The molecular formula is C15H20N2O4. The molecule has 1 aliphatic rings. The molecule has 1 amide bonds. The quantitative estimate of drug-likeness (QED) is 0.884. The normalized spacial score (nSPS) is 18.6. The van der Waals surface area contributed by atoms with E-state index in [1.807, 2.05) is 13.8 Å². The van der Waals surface area contributed by atoms with E-state index >= 15 is 0 Å². The summed E-state index contributed by atoms with van der Waals surface area (Å²) in [5, 5.41) is 9.25. The van der Waals surface area contributed by atoms with Crippen molar-refractivity contribution in [3.8, 4) is 0 Å². The number of aryl methyl sites for hydroxylation is 1. The van der Waals surface area contributed by atoms with Gasteiger partial charge in [0, 0.05) is 19.3 Å². The first-order valence-electron chi connectivity index (χ1n) is 7.05. The maximum atomic E-state index is 12.6. The highest BCUT2D eigenvalue weighted by atomic mass is 16.4. The fourth-order valence-corrected chi connectivity index (χ4v) is 2.72. The van der Waals surface area contributed by atoms with E-state index in [0.717, 1.165) is 24.1 Å². The average molecular weight is 292 g/mol. The predicted octanol–water partition coefficient (Wildman–Crippen LogP) is 1.08. The Morgan fingerprint density at radius 3 is 2.57 bits per heavy atom. The molecule has 1 atom stereocenters. The molecule has 21 heavy (non-hydrogen) atoms. The third-order valence-electron chi connectivity index (χ3n) is 4.25. The van der Waals surface area contributed by atoms with Crippen molar-refractivity contribution < 1.29 is 14.7 Å². The minimum Gasteiger partial charge on any atom is -0.480 e. The summed E-state index contributed by atoms with van der Waals surface area (Å²) in [6, 6.07) is 0.727. The lowest BCUT2D eigenvalue weighted by atomic mass is 10.0. The van der Waals surface area contributed by atoms with E-state index in [2.05, 4.69) is 0 Å². The van der Waals surface area contributed by atoms with Crippen molar-refractivity contribution in [1.82, 2.24) is 9.47 Å². The Morgan fingerprint density at radius 1 is 1.29 bits per heavy atom. The average Bonchev–Trinajstić information content (AvgIpc) is 2.48. The molecule has 0 aromatic carbocycles. The van der Waals surface area contributed by atoms with E-state index in [1.54, 1.807) is 13.1 Å². The van der Waals surface area contributed by atoms with Crippen LogP contribution in [-0.4, -0.2) is 39.0 Å². The third-order valence-corrected chi connectivity index (χ3v) is 4.25. The number of carboxylic acid groups (broad SMARTS) is 1. The summed E-state index contributed by atoms with van der Waals surface area (Å²) in [5.41, 5.74) is 1.31. The molecule has 0 unspecified atom stereocenters. The predicted molar refractivity (Wildman–Crippen MR) is 77.5 cm³/mol. The van der Waals surface area contributed by atoms with Crippen LogP contribution in [0.4, 0.5) is 0 Å². The number of hydrogen-bond acceptors (Lipinski definition) is 3. The highest BCUT2D eigenvalue weighted by molar-refractivity contribution is 5.96. The Hall–Kier alpha value is -2.11.